The van der Waals surface area contributed by atoms with Crippen LogP contribution in [0.1, 0.15) is 0 Å². The molecule has 0 aliphatic heterocycles. The average molecular weight is 328 g/mol. The van der Waals surface area contributed by atoms with E-state index in [1.807, 2.05) is 6.07 Å². The van der Waals surface area contributed by atoms with Crippen LogP contribution in [0.15, 0.2) is 70.5 Å². The van der Waals surface area contributed by atoms with E-state index < -0.39 is 15.5 Å². The SMILES string of the molecule is CN(c1ccccc1)S(=O)(=O)c1cn(C)c2ccccc2c1=O. The van der Waals surface area contributed by atoms with Crippen molar-refractivity contribution in [3.8, 4) is 0 Å². The molecule has 0 bridgehead atoms. The van der Waals surface area contributed by atoms with Crippen molar-refractivity contribution in [2.75, 3.05) is 11.4 Å². The van der Waals surface area contributed by atoms with Crippen molar-refractivity contribution in [3.63, 3.8) is 0 Å². The lowest BCUT2D eigenvalue weighted by atomic mass is 10.2. The Balaban J connectivity index is 2.24. The van der Waals surface area contributed by atoms with Crippen molar-refractivity contribution in [2.24, 2.45) is 7.05 Å². The molecule has 0 N–H and O–H groups in total. The van der Waals surface area contributed by atoms with Crippen molar-refractivity contribution in [1.82, 2.24) is 4.57 Å². The number of anilines is 1. The summed E-state index contributed by atoms with van der Waals surface area (Å²) in [6.45, 7) is 0. The molecular formula is C17H16N2O3S. The Kier molecular flexibility index (Phi) is 3.69. The van der Waals surface area contributed by atoms with Gasteiger partial charge in [0.2, 0.25) is 5.43 Å². The van der Waals surface area contributed by atoms with Gasteiger partial charge < -0.3 is 4.57 Å². The quantitative estimate of drug-likeness (QED) is 0.741. The summed E-state index contributed by atoms with van der Waals surface area (Å²) in [5, 5.41) is 0.387. The minimum atomic E-state index is -3.94. The molecule has 23 heavy (non-hydrogen) atoms. The highest BCUT2D eigenvalue weighted by molar-refractivity contribution is 7.92. The number of hydrogen-bond donors (Lipinski definition) is 0. The number of nitrogens with zero attached hydrogens (tertiary/aromatic N) is 2. The maximum atomic E-state index is 12.9. The highest BCUT2D eigenvalue weighted by Gasteiger charge is 2.25. The highest BCUT2D eigenvalue weighted by Crippen LogP contribution is 2.21. The predicted molar refractivity (Wildman–Crippen MR) is 91.2 cm³/mol. The Morgan fingerprint density at radius 2 is 1.57 bits per heavy atom. The van der Waals surface area contributed by atoms with Crippen LogP contribution >= 0.6 is 0 Å². The smallest absolute Gasteiger partial charge is 0.269 e. The Hall–Kier alpha value is -2.60. The van der Waals surface area contributed by atoms with E-state index in [-0.39, 0.29) is 4.90 Å². The Bertz CT molecular complexity index is 1020. The maximum Gasteiger partial charge on any atom is 0.269 e. The van der Waals surface area contributed by atoms with Crippen LogP contribution in [-0.4, -0.2) is 20.0 Å². The number of benzene rings is 2. The first-order valence-corrected chi connectivity index (χ1v) is 8.49. The lowest BCUT2D eigenvalue weighted by molar-refractivity contribution is 0.592. The lowest BCUT2D eigenvalue weighted by Gasteiger charge is -2.20. The normalized spacial score (nSPS) is 11.6. The number of aryl methyl sites for hydroxylation is 1. The van der Waals surface area contributed by atoms with Gasteiger partial charge in [-0.2, -0.15) is 0 Å². The summed E-state index contributed by atoms with van der Waals surface area (Å²) in [7, 11) is -0.767. The molecule has 0 spiro atoms. The second kappa shape index (κ2) is 5.55. The molecule has 0 atom stereocenters. The summed E-state index contributed by atoms with van der Waals surface area (Å²) >= 11 is 0. The van der Waals surface area contributed by atoms with Crippen LogP contribution < -0.4 is 9.73 Å². The summed E-state index contributed by atoms with van der Waals surface area (Å²) in [6.07, 6.45) is 1.37. The molecule has 118 valence electrons. The minimum absolute atomic E-state index is 0.231. The molecule has 0 unspecified atom stereocenters. The molecule has 3 rings (SSSR count). The summed E-state index contributed by atoms with van der Waals surface area (Å²) in [4.78, 5) is 12.4. The van der Waals surface area contributed by atoms with Crippen LogP contribution in [-0.2, 0) is 17.1 Å². The van der Waals surface area contributed by atoms with Crippen LogP contribution in [0.4, 0.5) is 5.69 Å². The van der Waals surface area contributed by atoms with Crippen molar-refractivity contribution in [1.29, 1.82) is 0 Å². The van der Waals surface area contributed by atoms with Gasteiger partial charge in [-0.05, 0) is 24.3 Å². The van der Waals surface area contributed by atoms with E-state index in [1.165, 1.54) is 13.2 Å². The molecule has 3 aromatic rings. The number of aromatic nitrogens is 1. The van der Waals surface area contributed by atoms with E-state index in [0.29, 0.717) is 16.6 Å². The van der Waals surface area contributed by atoms with Gasteiger partial charge in [0.15, 0.2) is 4.90 Å². The molecule has 0 aliphatic rings. The Morgan fingerprint density at radius 1 is 0.957 bits per heavy atom. The number of rotatable bonds is 3. The van der Waals surface area contributed by atoms with E-state index in [9.17, 15) is 13.2 Å². The second-order valence-electron chi connectivity index (χ2n) is 5.26. The Labute approximate surface area is 134 Å². The summed E-state index contributed by atoms with van der Waals surface area (Å²) in [5.41, 5.74) is 0.711. The van der Waals surface area contributed by atoms with Crippen molar-refractivity contribution in [2.45, 2.75) is 4.90 Å². The van der Waals surface area contributed by atoms with Gasteiger partial charge in [-0.1, -0.05) is 30.3 Å². The third-order valence-corrected chi connectivity index (χ3v) is 5.60. The van der Waals surface area contributed by atoms with Gasteiger partial charge in [-0.25, -0.2) is 8.42 Å². The summed E-state index contributed by atoms with van der Waals surface area (Å²) in [5.74, 6) is 0. The van der Waals surface area contributed by atoms with Crippen LogP contribution in [0.2, 0.25) is 0 Å². The largest absolute Gasteiger partial charge is 0.349 e. The maximum absolute atomic E-state index is 12.9. The van der Waals surface area contributed by atoms with E-state index in [1.54, 1.807) is 60.1 Å². The first kappa shape index (κ1) is 15.3. The monoisotopic (exact) mass is 328 g/mol. The Morgan fingerprint density at radius 3 is 2.26 bits per heavy atom. The molecule has 0 saturated carbocycles. The van der Waals surface area contributed by atoms with E-state index in [0.717, 1.165) is 4.31 Å². The van der Waals surface area contributed by atoms with Gasteiger partial charge >= 0.3 is 0 Å². The number of sulfonamides is 1. The average Bonchev–Trinajstić information content (AvgIpc) is 2.58. The lowest BCUT2D eigenvalue weighted by Crippen LogP contribution is -2.31. The van der Waals surface area contributed by atoms with Gasteiger partial charge in [0.1, 0.15) is 0 Å². The molecule has 2 aromatic carbocycles. The standard InChI is InChI=1S/C17H16N2O3S/c1-18-12-16(17(20)14-10-6-7-11-15(14)18)23(21,22)19(2)13-8-4-3-5-9-13/h3-12H,1-2H3. The molecule has 0 saturated heterocycles. The fourth-order valence-electron chi connectivity index (χ4n) is 2.52. The third-order valence-electron chi connectivity index (χ3n) is 3.82. The molecular weight excluding hydrogens is 312 g/mol. The number of fused-ring (bicyclic) bond motifs is 1. The fraction of sp³-hybridized carbons (Fsp3) is 0.118. The van der Waals surface area contributed by atoms with Crippen LogP contribution in [0, 0.1) is 0 Å². The van der Waals surface area contributed by atoms with Crippen molar-refractivity contribution < 1.29 is 8.42 Å². The molecule has 1 heterocycles. The van der Waals surface area contributed by atoms with Gasteiger partial charge in [-0.3, -0.25) is 9.10 Å². The van der Waals surface area contributed by atoms with E-state index >= 15 is 0 Å². The van der Waals surface area contributed by atoms with Crippen LogP contribution in [0.3, 0.4) is 0 Å². The molecule has 0 aliphatic carbocycles. The predicted octanol–water partition coefficient (Wildman–Crippen LogP) is 2.36. The molecule has 0 fully saturated rings. The van der Waals surface area contributed by atoms with E-state index in [4.69, 9.17) is 0 Å². The van der Waals surface area contributed by atoms with Crippen LogP contribution in [0.5, 0.6) is 0 Å². The molecule has 5 nitrogen and oxygen atoms in total. The first-order valence-electron chi connectivity index (χ1n) is 7.05. The summed E-state index contributed by atoms with van der Waals surface area (Å²) in [6, 6.07) is 15.6. The van der Waals surface area contributed by atoms with Crippen molar-refractivity contribution >= 4 is 26.6 Å². The second-order valence-corrected chi connectivity index (χ2v) is 7.20. The first-order chi connectivity index (χ1) is 10.9. The molecule has 0 amide bonds. The van der Waals surface area contributed by atoms with Gasteiger partial charge in [0.05, 0.1) is 11.2 Å². The van der Waals surface area contributed by atoms with Gasteiger partial charge in [0.25, 0.3) is 10.0 Å². The van der Waals surface area contributed by atoms with Crippen LogP contribution in [0.25, 0.3) is 10.9 Å². The summed E-state index contributed by atoms with van der Waals surface area (Å²) < 4.78 is 28.5. The number of hydrogen-bond acceptors (Lipinski definition) is 3. The zero-order valence-corrected chi connectivity index (χ0v) is 13.6. The highest BCUT2D eigenvalue weighted by atomic mass is 32.2. The number of pyridine rings is 1. The molecule has 6 heteroatoms. The van der Waals surface area contributed by atoms with Gasteiger partial charge in [0, 0.05) is 25.7 Å². The topological polar surface area (TPSA) is 59.4 Å². The number of para-hydroxylation sites is 2. The van der Waals surface area contributed by atoms with Gasteiger partial charge in [-0.15, -0.1) is 0 Å². The third kappa shape index (κ3) is 2.51. The zero-order valence-electron chi connectivity index (χ0n) is 12.8. The molecule has 1 aromatic heterocycles. The molecule has 0 radical (unpaired) electrons. The van der Waals surface area contributed by atoms with E-state index in [2.05, 4.69) is 0 Å². The van der Waals surface area contributed by atoms with Crippen molar-refractivity contribution in [3.05, 3.63) is 71.0 Å². The fourth-order valence-corrected chi connectivity index (χ4v) is 3.85. The zero-order chi connectivity index (χ0) is 16.6. The minimum Gasteiger partial charge on any atom is -0.349 e.